The molecule has 1 amide bonds. The van der Waals surface area contributed by atoms with E-state index < -0.39 is 0 Å². The molecular weight excluding hydrogens is 349 g/mol. The first-order chi connectivity index (χ1) is 10.8. The zero-order chi connectivity index (χ0) is 15.4. The number of nitrogens with one attached hydrogen (secondary N) is 2. The van der Waals surface area contributed by atoms with Crippen molar-refractivity contribution in [1.82, 2.24) is 15.6 Å². The first-order valence-corrected chi connectivity index (χ1v) is 7.37. The molecule has 0 spiro atoms. The Morgan fingerprint density at radius 2 is 1.96 bits per heavy atom. The molecule has 1 aliphatic rings. The molecule has 24 heavy (non-hydrogen) atoms. The normalized spacial score (nSPS) is 15.8. The van der Waals surface area contributed by atoms with Gasteiger partial charge in [-0.3, -0.25) is 9.78 Å². The summed E-state index contributed by atoms with van der Waals surface area (Å²) in [5.74, 6) is 0.732. The number of hydrogen-bond acceptors (Lipinski definition) is 4. The lowest BCUT2D eigenvalue weighted by Gasteiger charge is -2.11. The van der Waals surface area contributed by atoms with E-state index in [2.05, 4.69) is 15.6 Å². The van der Waals surface area contributed by atoms with Gasteiger partial charge in [0.25, 0.3) is 5.91 Å². The maximum atomic E-state index is 12.3. The first kappa shape index (κ1) is 20.2. The minimum atomic E-state index is -0.0726. The third-order valence-corrected chi connectivity index (χ3v) is 3.82. The van der Waals surface area contributed by atoms with Gasteiger partial charge in [0.05, 0.1) is 12.7 Å². The molecule has 0 saturated carbocycles. The van der Waals surface area contributed by atoms with Gasteiger partial charge in [-0.1, -0.05) is 12.1 Å². The summed E-state index contributed by atoms with van der Waals surface area (Å²) in [6, 6.07) is 9.78. The summed E-state index contributed by atoms with van der Waals surface area (Å²) < 4.78 is 5.16. The number of rotatable bonds is 4. The van der Waals surface area contributed by atoms with E-state index in [0.717, 1.165) is 36.4 Å². The zero-order valence-corrected chi connectivity index (χ0v) is 15.0. The van der Waals surface area contributed by atoms with Crippen LogP contribution in [0.1, 0.15) is 16.8 Å². The van der Waals surface area contributed by atoms with Gasteiger partial charge in [0.1, 0.15) is 5.75 Å². The molecular formula is C17H21Cl2N3O2. The molecule has 7 heteroatoms. The van der Waals surface area contributed by atoms with Crippen LogP contribution in [0.5, 0.6) is 5.75 Å². The summed E-state index contributed by atoms with van der Waals surface area (Å²) in [4.78, 5) is 16.5. The molecule has 1 fully saturated rings. The lowest BCUT2D eigenvalue weighted by Crippen LogP contribution is -2.36. The van der Waals surface area contributed by atoms with E-state index >= 15 is 0 Å². The molecule has 5 nitrogen and oxygen atoms in total. The van der Waals surface area contributed by atoms with E-state index in [9.17, 15) is 4.79 Å². The number of halogens is 2. The number of aromatic nitrogens is 1. The molecule has 3 rings (SSSR count). The Morgan fingerprint density at radius 1 is 1.21 bits per heavy atom. The molecule has 2 N–H and O–H groups in total. The Morgan fingerprint density at radius 3 is 2.58 bits per heavy atom. The van der Waals surface area contributed by atoms with Gasteiger partial charge in [-0.05, 0) is 36.7 Å². The summed E-state index contributed by atoms with van der Waals surface area (Å²) in [6.45, 7) is 1.78. The molecule has 2 heterocycles. The van der Waals surface area contributed by atoms with Crippen LogP contribution < -0.4 is 15.4 Å². The van der Waals surface area contributed by atoms with Crippen molar-refractivity contribution in [3.8, 4) is 16.9 Å². The minimum Gasteiger partial charge on any atom is -0.497 e. The highest BCUT2D eigenvalue weighted by atomic mass is 35.5. The molecule has 130 valence electrons. The van der Waals surface area contributed by atoms with Crippen LogP contribution in [0.15, 0.2) is 42.7 Å². The van der Waals surface area contributed by atoms with Crippen molar-refractivity contribution < 1.29 is 9.53 Å². The average molecular weight is 370 g/mol. The summed E-state index contributed by atoms with van der Waals surface area (Å²) in [6.07, 6.45) is 4.33. The molecule has 1 aliphatic heterocycles. The van der Waals surface area contributed by atoms with Gasteiger partial charge >= 0.3 is 0 Å². The predicted molar refractivity (Wildman–Crippen MR) is 99.5 cm³/mol. The number of pyridine rings is 1. The fraction of sp³-hybridized carbons (Fsp3) is 0.294. The van der Waals surface area contributed by atoms with Crippen LogP contribution >= 0.6 is 24.8 Å². The van der Waals surface area contributed by atoms with Crippen LogP contribution in [-0.4, -0.2) is 37.1 Å². The minimum absolute atomic E-state index is 0. The number of hydrogen-bond donors (Lipinski definition) is 2. The molecule has 1 aromatic heterocycles. The monoisotopic (exact) mass is 369 g/mol. The van der Waals surface area contributed by atoms with Crippen molar-refractivity contribution in [1.29, 1.82) is 0 Å². The topological polar surface area (TPSA) is 63.2 Å². The fourth-order valence-electron chi connectivity index (χ4n) is 2.55. The van der Waals surface area contributed by atoms with Crippen LogP contribution in [0.25, 0.3) is 11.1 Å². The summed E-state index contributed by atoms with van der Waals surface area (Å²) >= 11 is 0. The van der Waals surface area contributed by atoms with Gasteiger partial charge in [-0.15, -0.1) is 24.8 Å². The van der Waals surface area contributed by atoms with Crippen LogP contribution in [0.2, 0.25) is 0 Å². The third-order valence-electron chi connectivity index (χ3n) is 3.82. The van der Waals surface area contributed by atoms with Gasteiger partial charge in [0.2, 0.25) is 0 Å². The van der Waals surface area contributed by atoms with Gasteiger partial charge in [0.15, 0.2) is 0 Å². The van der Waals surface area contributed by atoms with Crippen LogP contribution in [0, 0.1) is 0 Å². The summed E-state index contributed by atoms with van der Waals surface area (Å²) in [7, 11) is 1.64. The molecule has 0 radical (unpaired) electrons. The highest BCUT2D eigenvalue weighted by Gasteiger charge is 2.17. The number of benzene rings is 1. The quantitative estimate of drug-likeness (QED) is 0.869. The summed E-state index contributed by atoms with van der Waals surface area (Å²) in [5, 5.41) is 6.27. The maximum Gasteiger partial charge on any atom is 0.253 e. The fourth-order valence-corrected chi connectivity index (χ4v) is 2.55. The van der Waals surface area contributed by atoms with E-state index in [1.165, 1.54) is 0 Å². The lowest BCUT2D eigenvalue weighted by molar-refractivity contribution is 0.0939. The van der Waals surface area contributed by atoms with E-state index in [0.29, 0.717) is 5.56 Å². The van der Waals surface area contributed by atoms with Crippen molar-refractivity contribution in [3.05, 3.63) is 48.3 Å². The van der Waals surface area contributed by atoms with Gasteiger partial charge in [-0.25, -0.2) is 0 Å². The van der Waals surface area contributed by atoms with E-state index in [1.807, 2.05) is 30.3 Å². The number of carbonyl (C=O) groups excluding carboxylic acids is 1. The molecule has 2 aromatic rings. The number of ether oxygens (including phenoxy) is 1. The van der Waals surface area contributed by atoms with Gasteiger partial charge in [0, 0.05) is 30.5 Å². The Kier molecular flexibility index (Phi) is 7.98. The van der Waals surface area contributed by atoms with E-state index in [-0.39, 0.29) is 36.8 Å². The molecule has 1 unspecified atom stereocenters. The average Bonchev–Trinajstić information content (AvgIpc) is 3.08. The van der Waals surface area contributed by atoms with Crippen molar-refractivity contribution in [3.63, 3.8) is 0 Å². The summed E-state index contributed by atoms with van der Waals surface area (Å²) in [5.41, 5.74) is 2.51. The maximum absolute atomic E-state index is 12.3. The second-order valence-electron chi connectivity index (χ2n) is 5.35. The highest BCUT2D eigenvalue weighted by Crippen LogP contribution is 2.22. The van der Waals surface area contributed by atoms with Crippen LogP contribution in [-0.2, 0) is 0 Å². The van der Waals surface area contributed by atoms with Crippen LogP contribution in [0.4, 0.5) is 0 Å². The SMILES string of the molecule is COc1ccc(-c2cncc(C(=O)NC3CCNC3)c2)cc1.Cl.Cl. The molecule has 1 atom stereocenters. The number of methoxy groups -OCH3 is 1. The van der Waals surface area contributed by atoms with Crippen molar-refractivity contribution in [2.45, 2.75) is 12.5 Å². The molecule has 1 aromatic carbocycles. The molecule has 0 aliphatic carbocycles. The van der Waals surface area contributed by atoms with Crippen molar-refractivity contribution >= 4 is 30.7 Å². The van der Waals surface area contributed by atoms with E-state index in [1.54, 1.807) is 19.5 Å². The highest BCUT2D eigenvalue weighted by molar-refractivity contribution is 5.95. The Hall–Kier alpha value is -1.82. The molecule has 1 saturated heterocycles. The Bertz CT molecular complexity index is 659. The van der Waals surface area contributed by atoms with Crippen LogP contribution in [0.3, 0.4) is 0 Å². The smallest absolute Gasteiger partial charge is 0.253 e. The van der Waals surface area contributed by atoms with Gasteiger partial charge in [-0.2, -0.15) is 0 Å². The second-order valence-corrected chi connectivity index (χ2v) is 5.35. The third kappa shape index (κ3) is 4.84. The number of amides is 1. The first-order valence-electron chi connectivity index (χ1n) is 7.37. The van der Waals surface area contributed by atoms with Gasteiger partial charge < -0.3 is 15.4 Å². The second kappa shape index (κ2) is 9.47. The number of carbonyl (C=O) groups is 1. The van der Waals surface area contributed by atoms with E-state index in [4.69, 9.17) is 4.74 Å². The molecule has 0 bridgehead atoms. The van der Waals surface area contributed by atoms with Crippen molar-refractivity contribution in [2.24, 2.45) is 0 Å². The predicted octanol–water partition coefficient (Wildman–Crippen LogP) is 2.69. The standard InChI is InChI=1S/C17H19N3O2.2ClH/c1-22-16-4-2-12(3-5-16)13-8-14(10-19-9-13)17(21)20-15-6-7-18-11-15;;/h2-5,8-10,15,18H,6-7,11H2,1H3,(H,20,21);2*1H. The Labute approximate surface area is 154 Å². The number of nitrogens with zero attached hydrogens (tertiary/aromatic N) is 1. The largest absolute Gasteiger partial charge is 0.497 e. The Balaban J connectivity index is 0.00000144. The lowest BCUT2D eigenvalue weighted by atomic mass is 10.1. The zero-order valence-electron chi connectivity index (χ0n) is 13.3. The van der Waals surface area contributed by atoms with Crippen molar-refractivity contribution in [2.75, 3.05) is 20.2 Å².